The van der Waals surface area contributed by atoms with Crippen LogP contribution in [0.2, 0.25) is 5.02 Å². The molecule has 0 spiro atoms. The molecule has 0 aliphatic carbocycles. The molecule has 1 heterocycles. The van der Waals surface area contributed by atoms with E-state index in [-0.39, 0.29) is 10.6 Å². The Morgan fingerprint density at radius 2 is 2.19 bits per heavy atom. The van der Waals surface area contributed by atoms with Crippen molar-refractivity contribution in [1.29, 1.82) is 0 Å². The van der Waals surface area contributed by atoms with Crippen LogP contribution in [0.15, 0.2) is 12.1 Å². The van der Waals surface area contributed by atoms with Crippen LogP contribution < -0.4 is 0 Å². The van der Waals surface area contributed by atoms with Crippen molar-refractivity contribution >= 4 is 28.2 Å². The molecule has 0 bridgehead atoms. The summed E-state index contributed by atoms with van der Waals surface area (Å²) < 4.78 is 0. The van der Waals surface area contributed by atoms with E-state index in [2.05, 4.69) is 4.98 Å². The fourth-order valence-electron chi connectivity index (χ4n) is 1.97. The van der Waals surface area contributed by atoms with Crippen LogP contribution in [-0.2, 0) is 6.42 Å². The minimum Gasteiger partial charge on any atom is -0.357 e. The molecular formula is C11H11ClN2O2. The van der Waals surface area contributed by atoms with E-state index in [0.717, 1.165) is 17.7 Å². The van der Waals surface area contributed by atoms with Gasteiger partial charge in [-0.05, 0) is 25.0 Å². The number of nitro benzene ring substituents is 1. The first-order valence-corrected chi connectivity index (χ1v) is 5.38. The van der Waals surface area contributed by atoms with Gasteiger partial charge in [0.25, 0.3) is 5.69 Å². The third-order valence-electron chi connectivity index (χ3n) is 2.79. The maximum Gasteiger partial charge on any atom is 0.279 e. The Bertz CT molecular complexity index is 575. The summed E-state index contributed by atoms with van der Waals surface area (Å²) in [5.41, 5.74) is 2.66. The zero-order chi connectivity index (χ0) is 11.9. The summed E-state index contributed by atoms with van der Waals surface area (Å²) in [6, 6.07) is 3.00. The van der Waals surface area contributed by atoms with Gasteiger partial charge >= 0.3 is 0 Å². The normalized spacial score (nSPS) is 10.9. The third-order valence-corrected chi connectivity index (χ3v) is 3.10. The molecule has 4 nitrogen and oxygen atoms in total. The second-order valence-corrected chi connectivity index (χ2v) is 4.06. The van der Waals surface area contributed by atoms with Gasteiger partial charge in [0.15, 0.2) is 0 Å². The largest absolute Gasteiger partial charge is 0.357 e. The zero-order valence-electron chi connectivity index (χ0n) is 9.00. The highest BCUT2D eigenvalue weighted by molar-refractivity contribution is 6.35. The number of hydrogen-bond donors (Lipinski definition) is 1. The summed E-state index contributed by atoms with van der Waals surface area (Å²) in [6.45, 7) is 3.87. The van der Waals surface area contributed by atoms with E-state index in [1.807, 2.05) is 13.8 Å². The predicted molar refractivity (Wildman–Crippen MR) is 64.1 cm³/mol. The Labute approximate surface area is 97.4 Å². The fourth-order valence-corrected chi connectivity index (χ4v) is 2.17. The van der Waals surface area contributed by atoms with Gasteiger partial charge in [0, 0.05) is 11.8 Å². The van der Waals surface area contributed by atoms with Crippen molar-refractivity contribution in [2.45, 2.75) is 20.3 Å². The van der Waals surface area contributed by atoms with Crippen LogP contribution in [0.1, 0.15) is 18.2 Å². The van der Waals surface area contributed by atoms with Gasteiger partial charge in [0.1, 0.15) is 0 Å². The maximum atomic E-state index is 10.9. The molecule has 0 fully saturated rings. The summed E-state index contributed by atoms with van der Waals surface area (Å²) in [6.07, 6.45) is 0.800. The van der Waals surface area contributed by atoms with Gasteiger partial charge in [-0.3, -0.25) is 10.1 Å². The van der Waals surface area contributed by atoms with Crippen LogP contribution in [0.3, 0.4) is 0 Å². The van der Waals surface area contributed by atoms with Gasteiger partial charge in [-0.2, -0.15) is 0 Å². The number of nitro groups is 1. The van der Waals surface area contributed by atoms with Crippen LogP contribution in [0, 0.1) is 17.0 Å². The first-order chi connectivity index (χ1) is 7.56. The molecule has 0 saturated carbocycles. The number of nitrogens with zero attached hydrogens (tertiary/aromatic N) is 1. The van der Waals surface area contributed by atoms with Gasteiger partial charge in [0.05, 0.1) is 20.8 Å². The molecule has 0 amide bonds. The number of hydrogen-bond acceptors (Lipinski definition) is 2. The minimum absolute atomic E-state index is 0.104. The molecule has 84 valence electrons. The Balaban J connectivity index is 2.91. The maximum absolute atomic E-state index is 10.9. The number of non-ortho nitro benzene ring substituents is 1. The SMILES string of the molecule is CCc1[nH]c2c(Cl)ccc([N+](=O)[O-])c2c1C. The first kappa shape index (κ1) is 11.0. The second kappa shape index (κ2) is 3.79. The number of rotatable bonds is 2. The lowest BCUT2D eigenvalue weighted by molar-refractivity contribution is -0.383. The summed E-state index contributed by atoms with van der Waals surface area (Å²) in [4.78, 5) is 13.7. The number of fused-ring (bicyclic) bond motifs is 1. The lowest BCUT2D eigenvalue weighted by atomic mass is 10.1. The number of benzene rings is 1. The van der Waals surface area contributed by atoms with Crippen molar-refractivity contribution in [2.75, 3.05) is 0 Å². The van der Waals surface area contributed by atoms with Crippen LogP contribution >= 0.6 is 11.6 Å². The summed E-state index contributed by atoms with van der Waals surface area (Å²) >= 11 is 6.02. The lowest BCUT2D eigenvalue weighted by Crippen LogP contribution is -1.89. The molecule has 2 rings (SSSR count). The van der Waals surface area contributed by atoms with E-state index in [4.69, 9.17) is 11.6 Å². The molecular weight excluding hydrogens is 228 g/mol. The quantitative estimate of drug-likeness (QED) is 0.642. The molecule has 16 heavy (non-hydrogen) atoms. The van der Waals surface area contributed by atoms with E-state index in [0.29, 0.717) is 15.9 Å². The molecule has 0 aliphatic heterocycles. The summed E-state index contributed by atoms with van der Waals surface area (Å²) in [5.74, 6) is 0. The molecule has 0 atom stereocenters. The number of aryl methyl sites for hydroxylation is 2. The molecule has 1 aromatic carbocycles. The van der Waals surface area contributed by atoms with Crippen LogP contribution in [0.25, 0.3) is 10.9 Å². The van der Waals surface area contributed by atoms with Crippen molar-refractivity contribution < 1.29 is 4.92 Å². The second-order valence-electron chi connectivity index (χ2n) is 3.66. The van der Waals surface area contributed by atoms with Gasteiger partial charge < -0.3 is 4.98 Å². The number of H-pyrrole nitrogens is 1. The Morgan fingerprint density at radius 3 is 2.75 bits per heavy atom. The monoisotopic (exact) mass is 238 g/mol. The van der Waals surface area contributed by atoms with Crippen molar-refractivity contribution in [2.24, 2.45) is 0 Å². The summed E-state index contributed by atoms with van der Waals surface area (Å²) in [5, 5.41) is 12.1. The molecule has 0 radical (unpaired) electrons. The molecule has 5 heteroatoms. The number of aromatic amines is 1. The van der Waals surface area contributed by atoms with Crippen molar-refractivity contribution in [1.82, 2.24) is 4.98 Å². The first-order valence-electron chi connectivity index (χ1n) is 5.00. The fraction of sp³-hybridized carbons (Fsp3) is 0.273. The predicted octanol–water partition coefficient (Wildman–Crippen LogP) is 3.60. The lowest BCUT2D eigenvalue weighted by Gasteiger charge is -1.97. The Kier molecular flexibility index (Phi) is 2.59. The highest BCUT2D eigenvalue weighted by Crippen LogP contribution is 2.34. The molecule has 0 unspecified atom stereocenters. The molecule has 1 N–H and O–H groups in total. The van der Waals surface area contributed by atoms with E-state index >= 15 is 0 Å². The van der Waals surface area contributed by atoms with E-state index in [9.17, 15) is 10.1 Å². The van der Waals surface area contributed by atoms with Crippen LogP contribution in [0.5, 0.6) is 0 Å². The van der Waals surface area contributed by atoms with Crippen molar-refractivity contribution in [3.8, 4) is 0 Å². The average Bonchev–Trinajstić information content (AvgIpc) is 2.57. The standard InChI is InChI=1S/C11H11ClN2O2/c1-3-8-6(2)10-9(14(15)16)5-4-7(12)11(10)13-8/h4-5,13H,3H2,1-2H3. The number of nitrogens with one attached hydrogen (secondary N) is 1. The van der Waals surface area contributed by atoms with E-state index < -0.39 is 0 Å². The highest BCUT2D eigenvalue weighted by atomic mass is 35.5. The Morgan fingerprint density at radius 1 is 1.50 bits per heavy atom. The van der Waals surface area contributed by atoms with E-state index in [1.54, 1.807) is 6.07 Å². The number of aromatic nitrogens is 1. The topological polar surface area (TPSA) is 58.9 Å². The highest BCUT2D eigenvalue weighted by Gasteiger charge is 2.19. The van der Waals surface area contributed by atoms with Gasteiger partial charge in [0.2, 0.25) is 0 Å². The van der Waals surface area contributed by atoms with Gasteiger partial charge in [-0.1, -0.05) is 18.5 Å². The van der Waals surface area contributed by atoms with Crippen molar-refractivity contribution in [3.63, 3.8) is 0 Å². The van der Waals surface area contributed by atoms with Gasteiger partial charge in [-0.25, -0.2) is 0 Å². The molecule has 0 saturated heterocycles. The number of halogens is 1. The van der Waals surface area contributed by atoms with Crippen LogP contribution in [0.4, 0.5) is 5.69 Å². The average molecular weight is 239 g/mol. The van der Waals surface area contributed by atoms with Crippen molar-refractivity contribution in [3.05, 3.63) is 38.5 Å². The zero-order valence-corrected chi connectivity index (χ0v) is 9.76. The summed E-state index contributed by atoms with van der Waals surface area (Å²) in [7, 11) is 0. The molecule has 1 aromatic heterocycles. The van der Waals surface area contributed by atoms with E-state index in [1.165, 1.54) is 6.07 Å². The Hall–Kier alpha value is -1.55. The smallest absolute Gasteiger partial charge is 0.279 e. The van der Waals surface area contributed by atoms with Crippen LogP contribution in [-0.4, -0.2) is 9.91 Å². The molecule has 0 aliphatic rings. The minimum atomic E-state index is -0.376. The third kappa shape index (κ3) is 1.46. The van der Waals surface area contributed by atoms with Gasteiger partial charge in [-0.15, -0.1) is 0 Å². The molecule has 2 aromatic rings.